The van der Waals surface area contributed by atoms with Crippen molar-refractivity contribution in [1.29, 1.82) is 0 Å². The van der Waals surface area contributed by atoms with E-state index in [1.807, 2.05) is 30.5 Å². The molecule has 3 amide bonds. The van der Waals surface area contributed by atoms with Crippen LogP contribution in [0.5, 0.6) is 5.75 Å². The number of methoxy groups -OCH3 is 1. The van der Waals surface area contributed by atoms with Crippen molar-refractivity contribution in [2.24, 2.45) is 0 Å². The van der Waals surface area contributed by atoms with Gasteiger partial charge in [-0.25, -0.2) is 9.48 Å². The molecule has 2 aliphatic heterocycles. The first-order valence-corrected chi connectivity index (χ1v) is 9.37. The monoisotopic (exact) mass is 384 g/mol. The number of urea groups is 1. The second-order valence-corrected chi connectivity index (χ2v) is 6.91. The Kier molecular flexibility index (Phi) is 5.16. The summed E-state index contributed by atoms with van der Waals surface area (Å²) in [6.07, 6.45) is 3.59. The Morgan fingerprint density at radius 1 is 1.32 bits per heavy atom. The maximum Gasteiger partial charge on any atom is 0.317 e. The molecule has 0 unspecified atom stereocenters. The van der Waals surface area contributed by atoms with E-state index in [4.69, 9.17) is 4.74 Å². The molecule has 3 heterocycles. The first-order chi connectivity index (χ1) is 13.7. The fourth-order valence-corrected chi connectivity index (χ4v) is 3.65. The number of nitrogens with one attached hydrogen (secondary N) is 2. The molecular weight excluding hydrogens is 360 g/mol. The van der Waals surface area contributed by atoms with Crippen molar-refractivity contribution in [1.82, 2.24) is 30.2 Å². The average Bonchev–Trinajstić information content (AvgIpc) is 3.21. The Balaban J connectivity index is 1.35. The van der Waals surface area contributed by atoms with Crippen molar-refractivity contribution in [2.75, 3.05) is 39.8 Å². The van der Waals surface area contributed by atoms with E-state index in [9.17, 15) is 9.59 Å². The molecule has 2 aliphatic rings. The lowest BCUT2D eigenvalue weighted by atomic mass is 10.1. The highest BCUT2D eigenvalue weighted by atomic mass is 16.5. The summed E-state index contributed by atoms with van der Waals surface area (Å²) in [5.41, 5.74) is 1.72. The van der Waals surface area contributed by atoms with Crippen molar-refractivity contribution >= 4 is 11.9 Å². The molecule has 28 heavy (non-hydrogen) atoms. The topological polar surface area (TPSA) is 91.7 Å². The number of rotatable bonds is 4. The van der Waals surface area contributed by atoms with E-state index in [0.717, 1.165) is 30.1 Å². The van der Waals surface area contributed by atoms with Crippen LogP contribution in [-0.4, -0.2) is 77.4 Å². The first-order valence-electron chi connectivity index (χ1n) is 9.37. The summed E-state index contributed by atoms with van der Waals surface area (Å²) >= 11 is 0. The number of carbonyl (C=O) groups is 2. The molecule has 0 bridgehead atoms. The van der Waals surface area contributed by atoms with Crippen LogP contribution in [-0.2, 0) is 11.3 Å². The molecule has 4 rings (SSSR count). The molecule has 9 nitrogen and oxygen atoms in total. The SMILES string of the molecule is COc1ccccc1-n1cc(CNC(=O)N2CCN3CCNC(=O)[C@H]3C2)cn1. The molecule has 0 saturated carbocycles. The number of benzene rings is 1. The zero-order valence-electron chi connectivity index (χ0n) is 15.8. The summed E-state index contributed by atoms with van der Waals surface area (Å²) in [5.74, 6) is 0.728. The van der Waals surface area contributed by atoms with Crippen LogP contribution in [0.3, 0.4) is 0 Å². The van der Waals surface area contributed by atoms with Crippen LogP contribution in [0.2, 0.25) is 0 Å². The normalized spacial score (nSPS) is 19.7. The van der Waals surface area contributed by atoms with Gasteiger partial charge in [0.2, 0.25) is 5.91 Å². The number of para-hydroxylation sites is 2. The van der Waals surface area contributed by atoms with Crippen LogP contribution in [0, 0.1) is 0 Å². The van der Waals surface area contributed by atoms with E-state index in [2.05, 4.69) is 20.6 Å². The van der Waals surface area contributed by atoms with Crippen LogP contribution in [0.4, 0.5) is 4.79 Å². The highest BCUT2D eigenvalue weighted by molar-refractivity contribution is 5.84. The lowest BCUT2D eigenvalue weighted by Crippen LogP contribution is -2.65. The van der Waals surface area contributed by atoms with Gasteiger partial charge in [0.05, 0.1) is 13.3 Å². The smallest absolute Gasteiger partial charge is 0.317 e. The molecule has 0 spiro atoms. The van der Waals surface area contributed by atoms with Gasteiger partial charge in [-0.15, -0.1) is 0 Å². The number of fused-ring (bicyclic) bond motifs is 1. The number of carbonyl (C=O) groups excluding carboxylic acids is 2. The van der Waals surface area contributed by atoms with Gasteiger partial charge < -0.3 is 20.3 Å². The Bertz CT molecular complexity index is 867. The Morgan fingerprint density at radius 2 is 2.18 bits per heavy atom. The predicted octanol–water partition coefficient (Wildman–Crippen LogP) is 0.207. The van der Waals surface area contributed by atoms with E-state index >= 15 is 0 Å². The third kappa shape index (κ3) is 3.65. The standard InChI is InChI=1S/C19H24N6O3/c1-28-17-5-3-2-4-15(17)25-12-14(11-22-25)10-21-19(27)24-9-8-23-7-6-20-18(26)16(23)13-24/h2-5,11-12,16H,6-10,13H2,1H3,(H,20,26)(H,21,27)/t16-/m1/s1. The number of hydrogen-bond acceptors (Lipinski definition) is 5. The average molecular weight is 384 g/mol. The van der Waals surface area contributed by atoms with E-state index in [-0.39, 0.29) is 18.0 Å². The molecule has 0 radical (unpaired) electrons. The van der Waals surface area contributed by atoms with Crippen molar-refractivity contribution in [2.45, 2.75) is 12.6 Å². The molecule has 0 aliphatic carbocycles. The molecule has 9 heteroatoms. The maximum atomic E-state index is 12.5. The maximum absolute atomic E-state index is 12.5. The minimum atomic E-state index is -0.249. The minimum Gasteiger partial charge on any atom is -0.494 e. The Labute approximate surface area is 163 Å². The van der Waals surface area contributed by atoms with Crippen molar-refractivity contribution in [3.63, 3.8) is 0 Å². The molecule has 148 valence electrons. The molecule has 1 atom stereocenters. The second kappa shape index (κ2) is 7.89. The van der Waals surface area contributed by atoms with Gasteiger partial charge in [-0.05, 0) is 12.1 Å². The van der Waals surface area contributed by atoms with E-state index < -0.39 is 0 Å². The summed E-state index contributed by atoms with van der Waals surface area (Å²) in [7, 11) is 1.62. The van der Waals surface area contributed by atoms with Gasteiger partial charge >= 0.3 is 6.03 Å². The summed E-state index contributed by atoms with van der Waals surface area (Å²) in [6, 6.07) is 7.20. The van der Waals surface area contributed by atoms with Crippen LogP contribution >= 0.6 is 0 Å². The number of hydrogen-bond donors (Lipinski definition) is 2. The summed E-state index contributed by atoms with van der Waals surface area (Å²) in [5, 5.41) is 10.2. The highest BCUT2D eigenvalue weighted by Crippen LogP contribution is 2.21. The Morgan fingerprint density at radius 3 is 3.04 bits per heavy atom. The van der Waals surface area contributed by atoms with Crippen molar-refractivity contribution in [3.05, 3.63) is 42.2 Å². The number of aromatic nitrogens is 2. The highest BCUT2D eigenvalue weighted by Gasteiger charge is 2.36. The van der Waals surface area contributed by atoms with Gasteiger partial charge in [0.1, 0.15) is 17.5 Å². The van der Waals surface area contributed by atoms with Gasteiger partial charge in [0, 0.05) is 51.0 Å². The molecule has 1 aromatic carbocycles. The fourth-order valence-electron chi connectivity index (χ4n) is 3.65. The Hall–Kier alpha value is -3.07. The molecule has 2 aromatic rings. The number of nitrogens with zero attached hydrogens (tertiary/aromatic N) is 4. The lowest BCUT2D eigenvalue weighted by Gasteiger charge is -2.42. The second-order valence-electron chi connectivity index (χ2n) is 6.91. The number of amides is 3. The van der Waals surface area contributed by atoms with Gasteiger partial charge in [0.15, 0.2) is 0 Å². The molecule has 2 N–H and O–H groups in total. The lowest BCUT2D eigenvalue weighted by molar-refractivity contribution is -0.131. The van der Waals surface area contributed by atoms with Gasteiger partial charge in [-0.3, -0.25) is 9.69 Å². The van der Waals surface area contributed by atoms with Gasteiger partial charge in [-0.2, -0.15) is 5.10 Å². The minimum absolute atomic E-state index is 0.00170. The predicted molar refractivity (Wildman–Crippen MR) is 102 cm³/mol. The molecule has 2 fully saturated rings. The summed E-state index contributed by atoms with van der Waals surface area (Å²) < 4.78 is 7.09. The van der Waals surface area contributed by atoms with Gasteiger partial charge in [-0.1, -0.05) is 12.1 Å². The zero-order chi connectivity index (χ0) is 19.5. The number of ether oxygens (including phenoxy) is 1. The van der Waals surface area contributed by atoms with Crippen LogP contribution in [0.25, 0.3) is 5.69 Å². The number of piperazine rings is 2. The molecule has 2 saturated heterocycles. The van der Waals surface area contributed by atoms with Crippen LogP contribution in [0.1, 0.15) is 5.56 Å². The quantitative estimate of drug-likeness (QED) is 0.786. The van der Waals surface area contributed by atoms with Crippen molar-refractivity contribution in [3.8, 4) is 11.4 Å². The fraction of sp³-hybridized carbons (Fsp3) is 0.421. The molecular formula is C19H24N6O3. The van der Waals surface area contributed by atoms with Crippen molar-refractivity contribution < 1.29 is 14.3 Å². The largest absolute Gasteiger partial charge is 0.494 e. The van der Waals surface area contributed by atoms with E-state index in [0.29, 0.717) is 26.2 Å². The van der Waals surface area contributed by atoms with E-state index in [1.165, 1.54) is 0 Å². The van der Waals surface area contributed by atoms with E-state index in [1.54, 1.807) is 22.9 Å². The molecule has 1 aromatic heterocycles. The summed E-state index contributed by atoms with van der Waals surface area (Å²) in [6.45, 7) is 3.64. The van der Waals surface area contributed by atoms with Gasteiger partial charge in [0.25, 0.3) is 0 Å². The third-order valence-electron chi connectivity index (χ3n) is 5.19. The van der Waals surface area contributed by atoms with Crippen LogP contribution < -0.4 is 15.4 Å². The first kappa shape index (κ1) is 18.3. The third-order valence-corrected chi connectivity index (χ3v) is 5.19. The summed E-state index contributed by atoms with van der Waals surface area (Å²) in [4.78, 5) is 28.4. The zero-order valence-corrected chi connectivity index (χ0v) is 15.8. The van der Waals surface area contributed by atoms with Crippen LogP contribution in [0.15, 0.2) is 36.7 Å².